The van der Waals surface area contributed by atoms with E-state index in [1.807, 2.05) is 65.0 Å². The van der Waals surface area contributed by atoms with Gasteiger partial charge in [-0.3, -0.25) is 13.9 Å². The van der Waals surface area contributed by atoms with Crippen LogP contribution in [0.4, 0.5) is 11.4 Å². The lowest BCUT2D eigenvalue weighted by atomic mass is 9.85. The van der Waals surface area contributed by atoms with Gasteiger partial charge in [-0.2, -0.15) is 0 Å². The lowest BCUT2D eigenvalue weighted by molar-refractivity contribution is -0.114. The Morgan fingerprint density at radius 3 is 2.29 bits per heavy atom. The number of hydrogen-bond donors (Lipinski definition) is 2. The average Bonchev–Trinajstić information content (AvgIpc) is 2.90. The first-order valence-electron chi connectivity index (χ1n) is 13.8. The van der Waals surface area contributed by atoms with Gasteiger partial charge in [0.15, 0.2) is 0 Å². The summed E-state index contributed by atoms with van der Waals surface area (Å²) in [4.78, 5) is 25.3. The van der Waals surface area contributed by atoms with Gasteiger partial charge in [-0.25, -0.2) is 8.42 Å². The highest BCUT2D eigenvalue weighted by molar-refractivity contribution is 7.92. The molecule has 9 heteroatoms. The molecule has 41 heavy (non-hydrogen) atoms. The third-order valence-electron chi connectivity index (χ3n) is 6.83. The highest BCUT2D eigenvalue weighted by Crippen LogP contribution is 2.35. The SMILES string of the molecule is CCCCS(=O)(=O)N(CC(=O)Nc1cc(C(N)=O)ccc1C(C)(C)C)c1ccc(C)c(OCc2ccccc2)c1C. The van der Waals surface area contributed by atoms with E-state index in [1.54, 1.807) is 31.2 Å². The summed E-state index contributed by atoms with van der Waals surface area (Å²) in [5, 5.41) is 2.85. The number of nitrogens with one attached hydrogen (secondary N) is 1. The zero-order valence-corrected chi connectivity index (χ0v) is 25.6. The van der Waals surface area contributed by atoms with Gasteiger partial charge in [0.2, 0.25) is 21.8 Å². The molecule has 3 N–H and O–H groups in total. The number of nitrogens with zero attached hydrogens (tertiary/aromatic N) is 1. The van der Waals surface area contributed by atoms with Crippen molar-refractivity contribution in [2.75, 3.05) is 21.9 Å². The van der Waals surface area contributed by atoms with E-state index < -0.39 is 28.4 Å². The Labute approximate surface area is 244 Å². The molecule has 2 amide bonds. The van der Waals surface area contributed by atoms with Gasteiger partial charge in [0.25, 0.3) is 0 Å². The Morgan fingerprint density at radius 1 is 1.00 bits per heavy atom. The molecule has 0 bridgehead atoms. The molecular formula is C32H41N3O5S. The van der Waals surface area contributed by atoms with Crippen molar-refractivity contribution in [3.63, 3.8) is 0 Å². The molecular weight excluding hydrogens is 538 g/mol. The van der Waals surface area contributed by atoms with E-state index in [9.17, 15) is 18.0 Å². The second-order valence-electron chi connectivity index (χ2n) is 11.2. The number of rotatable bonds is 12. The highest BCUT2D eigenvalue weighted by Gasteiger charge is 2.28. The van der Waals surface area contributed by atoms with E-state index >= 15 is 0 Å². The molecule has 0 saturated carbocycles. The second-order valence-corrected chi connectivity index (χ2v) is 13.2. The number of anilines is 2. The first kappa shape index (κ1) is 31.7. The summed E-state index contributed by atoms with van der Waals surface area (Å²) in [5.74, 6) is -0.687. The highest BCUT2D eigenvalue weighted by atomic mass is 32.2. The standard InChI is InChI=1S/C32H41N3O5S/c1-7-8-18-41(38,39)35(20-29(36)34-27-19-25(31(33)37)15-16-26(27)32(4,5)6)28-17-14-22(2)30(23(28)3)40-21-24-12-10-9-11-13-24/h9-17,19H,7-8,18,20-21H2,1-6H3,(H2,33,37)(H,34,36). The van der Waals surface area contributed by atoms with Crippen LogP contribution < -0.4 is 20.1 Å². The molecule has 3 aromatic carbocycles. The second kappa shape index (κ2) is 13.2. The van der Waals surface area contributed by atoms with Crippen molar-refractivity contribution in [2.45, 2.75) is 66.4 Å². The van der Waals surface area contributed by atoms with Crippen molar-refractivity contribution >= 4 is 33.2 Å². The quantitative estimate of drug-likeness (QED) is 0.279. The number of primary amides is 1. The molecule has 0 unspecified atom stereocenters. The summed E-state index contributed by atoms with van der Waals surface area (Å²) < 4.78 is 34.6. The fraction of sp³-hybridized carbons (Fsp3) is 0.375. The number of nitrogens with two attached hydrogens (primary N) is 1. The zero-order chi connectivity index (χ0) is 30.4. The monoisotopic (exact) mass is 579 g/mol. The Kier molecular flexibility index (Phi) is 10.2. The Hall–Kier alpha value is -3.85. The van der Waals surface area contributed by atoms with Crippen molar-refractivity contribution in [1.82, 2.24) is 0 Å². The third kappa shape index (κ3) is 8.10. The summed E-state index contributed by atoms with van der Waals surface area (Å²) >= 11 is 0. The van der Waals surface area contributed by atoms with Crippen molar-refractivity contribution < 1.29 is 22.7 Å². The molecule has 8 nitrogen and oxygen atoms in total. The van der Waals surface area contributed by atoms with Gasteiger partial charge >= 0.3 is 0 Å². The molecule has 3 aromatic rings. The number of aryl methyl sites for hydroxylation is 1. The molecule has 0 aromatic heterocycles. The van der Waals surface area contributed by atoms with Gasteiger partial charge in [0, 0.05) is 16.8 Å². The van der Waals surface area contributed by atoms with Gasteiger partial charge in [-0.1, -0.05) is 76.6 Å². The normalized spacial score (nSPS) is 11.7. The molecule has 0 aliphatic rings. The fourth-order valence-corrected chi connectivity index (χ4v) is 6.27. The topological polar surface area (TPSA) is 119 Å². The molecule has 0 fully saturated rings. The van der Waals surface area contributed by atoms with Crippen molar-refractivity contribution in [3.05, 3.63) is 88.5 Å². The number of ether oxygens (including phenoxy) is 1. The Morgan fingerprint density at radius 2 is 1.68 bits per heavy atom. The van der Waals surface area contributed by atoms with Gasteiger partial charge in [-0.05, 0) is 60.6 Å². The zero-order valence-electron chi connectivity index (χ0n) is 24.8. The predicted molar refractivity (Wildman–Crippen MR) is 165 cm³/mol. The number of benzene rings is 3. The number of sulfonamides is 1. The van der Waals surface area contributed by atoms with E-state index in [1.165, 1.54) is 6.07 Å². The van der Waals surface area contributed by atoms with Crippen LogP contribution >= 0.6 is 0 Å². The molecule has 0 saturated heterocycles. The average molecular weight is 580 g/mol. The van der Waals surface area contributed by atoms with Crippen molar-refractivity contribution in [2.24, 2.45) is 5.73 Å². The lowest BCUT2D eigenvalue weighted by Crippen LogP contribution is -2.40. The van der Waals surface area contributed by atoms with E-state index in [-0.39, 0.29) is 16.7 Å². The van der Waals surface area contributed by atoms with Gasteiger partial charge < -0.3 is 15.8 Å². The number of carbonyl (C=O) groups excluding carboxylic acids is 2. The molecule has 0 spiro atoms. The minimum atomic E-state index is -3.86. The number of hydrogen-bond acceptors (Lipinski definition) is 5. The Bertz CT molecular complexity index is 1500. The van der Waals surface area contributed by atoms with Crippen LogP contribution in [0.2, 0.25) is 0 Å². The number of carbonyl (C=O) groups is 2. The van der Waals surface area contributed by atoms with E-state index in [0.29, 0.717) is 42.1 Å². The van der Waals surface area contributed by atoms with Crippen molar-refractivity contribution in [1.29, 1.82) is 0 Å². The molecule has 220 valence electrons. The minimum Gasteiger partial charge on any atom is -0.488 e. The largest absolute Gasteiger partial charge is 0.488 e. The van der Waals surface area contributed by atoms with Crippen LogP contribution in [-0.2, 0) is 26.8 Å². The van der Waals surface area contributed by atoms with Gasteiger partial charge in [0.05, 0.1) is 11.4 Å². The number of amides is 2. The van der Waals surface area contributed by atoms with E-state index in [4.69, 9.17) is 10.5 Å². The van der Waals surface area contributed by atoms with Gasteiger partial charge in [0.1, 0.15) is 18.9 Å². The maximum absolute atomic E-state index is 13.6. The van der Waals surface area contributed by atoms with Crippen LogP contribution in [-0.4, -0.2) is 32.5 Å². The predicted octanol–water partition coefficient (Wildman–Crippen LogP) is 5.85. The Balaban J connectivity index is 2.00. The maximum atomic E-state index is 13.6. The molecule has 0 atom stereocenters. The van der Waals surface area contributed by atoms with Crippen molar-refractivity contribution in [3.8, 4) is 5.75 Å². The maximum Gasteiger partial charge on any atom is 0.248 e. The van der Waals surface area contributed by atoms with Crippen LogP contribution in [0, 0.1) is 13.8 Å². The van der Waals surface area contributed by atoms with Crippen LogP contribution in [0.3, 0.4) is 0 Å². The molecule has 0 heterocycles. The minimum absolute atomic E-state index is 0.102. The summed E-state index contributed by atoms with van der Waals surface area (Å²) in [7, 11) is -3.86. The number of unbranched alkanes of at least 4 members (excludes halogenated alkanes) is 1. The molecule has 0 aliphatic carbocycles. The fourth-order valence-electron chi connectivity index (χ4n) is 4.58. The smallest absolute Gasteiger partial charge is 0.248 e. The summed E-state index contributed by atoms with van der Waals surface area (Å²) in [6.07, 6.45) is 1.14. The summed E-state index contributed by atoms with van der Waals surface area (Å²) in [5.41, 5.74) is 9.43. The first-order valence-corrected chi connectivity index (χ1v) is 15.4. The van der Waals surface area contributed by atoms with Crippen LogP contribution in [0.15, 0.2) is 60.7 Å². The van der Waals surface area contributed by atoms with Gasteiger partial charge in [-0.15, -0.1) is 0 Å². The first-order chi connectivity index (χ1) is 19.2. The molecule has 3 rings (SSSR count). The van der Waals surface area contributed by atoms with Crippen LogP contribution in [0.1, 0.15) is 73.1 Å². The third-order valence-corrected chi connectivity index (χ3v) is 8.64. The van der Waals surface area contributed by atoms with E-state index in [0.717, 1.165) is 21.0 Å². The lowest BCUT2D eigenvalue weighted by Gasteiger charge is -2.28. The van der Waals surface area contributed by atoms with Crippen LogP contribution in [0.5, 0.6) is 5.75 Å². The molecule has 0 radical (unpaired) electrons. The summed E-state index contributed by atoms with van der Waals surface area (Å²) in [6.45, 7) is 11.4. The van der Waals surface area contributed by atoms with Crippen LogP contribution in [0.25, 0.3) is 0 Å². The van der Waals surface area contributed by atoms with E-state index in [2.05, 4.69) is 5.32 Å². The summed E-state index contributed by atoms with van der Waals surface area (Å²) in [6, 6.07) is 18.1. The molecule has 0 aliphatic heterocycles.